The van der Waals surface area contributed by atoms with E-state index in [9.17, 15) is 8.42 Å². The van der Waals surface area contributed by atoms with Gasteiger partial charge in [-0.05, 0) is 6.42 Å². The van der Waals surface area contributed by atoms with Gasteiger partial charge in [-0.2, -0.15) is 8.42 Å². The second-order valence-corrected chi connectivity index (χ2v) is 8.33. The molecule has 0 atom stereocenters. The van der Waals surface area contributed by atoms with Gasteiger partial charge in [-0.15, -0.1) is 0 Å². The van der Waals surface area contributed by atoms with Crippen molar-refractivity contribution in [1.29, 1.82) is 0 Å². The van der Waals surface area contributed by atoms with E-state index in [0.29, 0.717) is 39.6 Å². The minimum atomic E-state index is -4.39. The molecule has 0 amide bonds. The first kappa shape index (κ1) is 33.9. The van der Waals surface area contributed by atoms with E-state index in [4.69, 9.17) is 23.5 Å². The molecule has 8 nitrogen and oxygen atoms in total. The summed E-state index contributed by atoms with van der Waals surface area (Å²) in [5.41, 5.74) is 0. The number of rotatable bonds is 25. The zero-order valence-electron chi connectivity index (χ0n) is 19.9. The number of unbranched alkanes of at least 4 members (excludes halogenated alkanes) is 10. The maximum atomic E-state index is 10.3. The van der Waals surface area contributed by atoms with Gasteiger partial charge in [0.05, 0.1) is 52.9 Å². The van der Waals surface area contributed by atoms with Gasteiger partial charge in [0.1, 0.15) is 0 Å². The Morgan fingerprint density at radius 3 is 1.23 bits per heavy atom. The molecule has 183 valence electrons. The van der Waals surface area contributed by atoms with Crippen molar-refractivity contribution in [3.63, 3.8) is 0 Å². The fourth-order valence-electron chi connectivity index (χ4n) is 2.83. The van der Waals surface area contributed by atoms with Gasteiger partial charge in [0.25, 0.3) is 0 Å². The Bertz CT molecular complexity index is 437. The molecule has 0 bridgehead atoms. The van der Waals surface area contributed by atoms with Crippen LogP contribution in [-0.2, 0) is 33.5 Å². The monoisotopic (exact) mass is 479 g/mol. The van der Waals surface area contributed by atoms with E-state index >= 15 is 0 Å². The van der Waals surface area contributed by atoms with Gasteiger partial charge in [0.2, 0.25) is 0 Å². The van der Waals surface area contributed by atoms with Crippen LogP contribution in [0.25, 0.3) is 0 Å². The van der Waals surface area contributed by atoms with Crippen molar-refractivity contribution in [1.82, 2.24) is 0 Å². The van der Waals surface area contributed by atoms with Gasteiger partial charge in [-0.25, -0.2) is 4.18 Å². The molecule has 0 fully saturated rings. The Morgan fingerprint density at radius 1 is 0.516 bits per heavy atom. The Labute approximate surface area is 212 Å². The fraction of sp³-hybridized carbons (Fsp3) is 1.00. The molecule has 0 unspecified atom stereocenters. The third-order valence-electron chi connectivity index (χ3n) is 4.47. The van der Waals surface area contributed by atoms with E-state index < -0.39 is 10.4 Å². The molecule has 10 heteroatoms. The smallest absolute Gasteiger partial charge is 0.379 e. The van der Waals surface area contributed by atoms with Gasteiger partial charge in [0.15, 0.2) is 0 Å². The minimum Gasteiger partial charge on any atom is -0.379 e. The molecule has 31 heavy (non-hydrogen) atoms. The maximum absolute atomic E-state index is 10.3. The van der Waals surface area contributed by atoms with Gasteiger partial charge in [0, 0.05) is 36.2 Å². The van der Waals surface area contributed by atoms with Crippen LogP contribution in [-0.4, -0.2) is 102 Å². The van der Waals surface area contributed by atoms with Gasteiger partial charge in [-0.3, -0.25) is 4.55 Å². The maximum Gasteiger partial charge on any atom is 0.397 e. The molecule has 1 N–H and O–H groups in total. The summed E-state index contributed by atoms with van der Waals surface area (Å²) in [5.74, 6) is 0. The van der Waals surface area contributed by atoms with Crippen LogP contribution in [0.4, 0.5) is 0 Å². The molecule has 0 rings (SSSR count). The topological polar surface area (TPSA) is 101 Å². The first-order valence-corrected chi connectivity index (χ1v) is 12.9. The number of ether oxygens (including phenoxy) is 4. The molecule has 0 aromatic heterocycles. The second-order valence-electron chi connectivity index (χ2n) is 7.23. The standard InChI is InChI=1S/C21H44O8S.Na/c1-2-3-4-5-6-7-8-9-10-11-12-13-25-14-15-26-16-17-27-18-19-28-20-21-29-30(22,23)24;/h2-21H2,1H3,(H,22,23,24);. The van der Waals surface area contributed by atoms with Crippen LogP contribution in [0.1, 0.15) is 77.6 Å². The Hall–Kier alpha value is 0.710. The van der Waals surface area contributed by atoms with Crippen LogP contribution in [0.5, 0.6) is 0 Å². The van der Waals surface area contributed by atoms with Crippen molar-refractivity contribution in [2.75, 3.05) is 59.5 Å². The Balaban J connectivity index is 0. The average molecular weight is 480 g/mol. The van der Waals surface area contributed by atoms with Crippen molar-refractivity contribution in [2.45, 2.75) is 77.6 Å². The third kappa shape index (κ3) is 33.0. The molecule has 0 heterocycles. The van der Waals surface area contributed by atoms with Crippen LogP contribution in [0.15, 0.2) is 0 Å². The third-order valence-corrected chi connectivity index (χ3v) is 4.93. The first-order chi connectivity index (χ1) is 14.6. The molecular weight excluding hydrogens is 435 g/mol. The number of hydrogen-bond donors (Lipinski definition) is 1. The van der Waals surface area contributed by atoms with E-state index in [1.807, 2.05) is 0 Å². The van der Waals surface area contributed by atoms with E-state index in [0.717, 1.165) is 13.0 Å². The SMILES string of the molecule is CCCCCCCCCCCCCOCCOCCOCCOCCOS(=O)(=O)O.[Na]. The summed E-state index contributed by atoms with van der Waals surface area (Å²) >= 11 is 0. The van der Waals surface area contributed by atoms with E-state index in [1.165, 1.54) is 64.2 Å². The summed E-state index contributed by atoms with van der Waals surface area (Å²) in [7, 11) is -4.39. The summed E-state index contributed by atoms with van der Waals surface area (Å²) in [6, 6.07) is 0. The molecule has 0 aromatic rings. The van der Waals surface area contributed by atoms with Crippen LogP contribution in [0, 0.1) is 0 Å². The molecule has 0 aromatic carbocycles. The molecule has 0 saturated heterocycles. The van der Waals surface area contributed by atoms with E-state index in [2.05, 4.69) is 11.1 Å². The summed E-state index contributed by atoms with van der Waals surface area (Å²) in [5, 5.41) is 0. The average Bonchev–Trinajstić information content (AvgIpc) is 2.70. The quantitative estimate of drug-likeness (QED) is 0.120. The van der Waals surface area contributed by atoms with Crippen molar-refractivity contribution in [3.05, 3.63) is 0 Å². The predicted molar refractivity (Wildman–Crippen MR) is 123 cm³/mol. The summed E-state index contributed by atoms with van der Waals surface area (Å²) in [4.78, 5) is 0. The van der Waals surface area contributed by atoms with Crippen molar-refractivity contribution in [3.8, 4) is 0 Å². The van der Waals surface area contributed by atoms with Crippen LogP contribution < -0.4 is 0 Å². The van der Waals surface area contributed by atoms with E-state index in [-0.39, 0.29) is 42.8 Å². The first-order valence-electron chi connectivity index (χ1n) is 11.5. The predicted octanol–water partition coefficient (Wildman–Crippen LogP) is 3.80. The van der Waals surface area contributed by atoms with Crippen LogP contribution in [0.3, 0.4) is 0 Å². The molecule has 0 spiro atoms. The van der Waals surface area contributed by atoms with Crippen LogP contribution in [0.2, 0.25) is 0 Å². The van der Waals surface area contributed by atoms with Crippen molar-refractivity contribution >= 4 is 40.0 Å². The second kappa shape index (κ2) is 27.0. The Kier molecular flexibility index (Phi) is 29.5. The van der Waals surface area contributed by atoms with Crippen molar-refractivity contribution < 1.29 is 36.1 Å². The molecule has 0 aliphatic rings. The van der Waals surface area contributed by atoms with Crippen molar-refractivity contribution in [2.24, 2.45) is 0 Å². The fourth-order valence-corrected chi connectivity index (χ4v) is 3.11. The summed E-state index contributed by atoms with van der Waals surface area (Å²) < 4.78 is 54.4. The summed E-state index contributed by atoms with van der Waals surface area (Å²) in [6.45, 7) is 5.72. The molecular formula is C21H44NaO8S. The van der Waals surface area contributed by atoms with E-state index in [1.54, 1.807) is 0 Å². The number of hydrogen-bond acceptors (Lipinski definition) is 7. The minimum absolute atomic E-state index is 0. The summed E-state index contributed by atoms with van der Waals surface area (Å²) in [6.07, 6.45) is 14.7. The molecule has 1 radical (unpaired) electrons. The van der Waals surface area contributed by atoms with Gasteiger partial charge < -0.3 is 18.9 Å². The zero-order chi connectivity index (χ0) is 22.2. The molecule has 0 saturated carbocycles. The molecule has 0 aliphatic heterocycles. The van der Waals surface area contributed by atoms with Crippen LogP contribution >= 0.6 is 0 Å². The zero-order valence-corrected chi connectivity index (χ0v) is 22.7. The Morgan fingerprint density at radius 2 is 0.839 bits per heavy atom. The van der Waals surface area contributed by atoms with Gasteiger partial charge in [-0.1, -0.05) is 71.1 Å². The molecule has 0 aliphatic carbocycles. The van der Waals surface area contributed by atoms with Gasteiger partial charge >= 0.3 is 10.4 Å². The largest absolute Gasteiger partial charge is 0.397 e. The normalized spacial score (nSPS) is 11.5.